The fraction of sp³-hybridized carbons (Fsp3) is 0.467. The molecule has 1 fully saturated rings. The molecule has 1 aromatic rings. The smallest absolute Gasteiger partial charge is 0.273 e. The number of rotatable bonds is 3. The number of amides is 1. The van der Waals surface area contributed by atoms with Gasteiger partial charge in [0, 0.05) is 19.8 Å². The zero-order valence-corrected chi connectivity index (χ0v) is 11.5. The van der Waals surface area contributed by atoms with Gasteiger partial charge in [-0.2, -0.15) is 0 Å². The minimum atomic E-state index is -0.204. The van der Waals surface area contributed by atoms with Crippen molar-refractivity contribution in [1.82, 2.24) is 9.88 Å². The van der Waals surface area contributed by atoms with Crippen LogP contribution >= 0.6 is 0 Å². The van der Waals surface area contributed by atoms with Gasteiger partial charge in [0.25, 0.3) is 5.91 Å². The Labute approximate surface area is 118 Å². The molecule has 5 heteroatoms. The third-order valence-electron chi connectivity index (χ3n) is 3.42. The number of carbonyl (C=O) groups is 1. The van der Waals surface area contributed by atoms with E-state index in [-0.39, 0.29) is 18.6 Å². The second kappa shape index (κ2) is 6.51. The predicted molar refractivity (Wildman–Crippen MR) is 75.9 cm³/mol. The molecule has 3 N–H and O–H groups in total. The van der Waals surface area contributed by atoms with Gasteiger partial charge in [-0.15, -0.1) is 0 Å². The Morgan fingerprint density at radius 2 is 2.35 bits per heavy atom. The molecule has 1 aliphatic carbocycles. The molecular formula is C15H19N3O2. The normalized spacial score (nSPS) is 20.6. The minimum absolute atomic E-state index is 0.145. The fourth-order valence-corrected chi connectivity index (χ4v) is 2.32. The van der Waals surface area contributed by atoms with E-state index in [1.807, 2.05) is 0 Å². The van der Waals surface area contributed by atoms with Crippen LogP contribution in [-0.4, -0.2) is 47.1 Å². The standard InChI is InChI=1S/C15H19N3O2/c1-18(10-11-8-13(19)9-11)15(20)14-12(4-2-6-16)5-3-7-17-14/h3,5,7,11,13,19H,6,8-10,16H2,1H3. The Morgan fingerprint density at radius 3 is 3.00 bits per heavy atom. The number of nitrogens with two attached hydrogens (primary N) is 1. The highest BCUT2D eigenvalue weighted by Crippen LogP contribution is 2.27. The van der Waals surface area contributed by atoms with Crippen molar-refractivity contribution in [2.45, 2.75) is 18.9 Å². The number of carbonyl (C=O) groups excluding carboxylic acids is 1. The van der Waals surface area contributed by atoms with Crippen LogP contribution in [0.3, 0.4) is 0 Å². The van der Waals surface area contributed by atoms with E-state index in [0.29, 0.717) is 23.7 Å². The maximum atomic E-state index is 12.4. The van der Waals surface area contributed by atoms with Crippen LogP contribution in [0.4, 0.5) is 0 Å². The highest BCUT2D eigenvalue weighted by molar-refractivity contribution is 5.94. The summed E-state index contributed by atoms with van der Waals surface area (Å²) in [6, 6.07) is 3.52. The molecule has 106 valence electrons. The summed E-state index contributed by atoms with van der Waals surface area (Å²) in [4.78, 5) is 18.2. The molecule has 0 saturated heterocycles. The van der Waals surface area contributed by atoms with Gasteiger partial charge >= 0.3 is 0 Å². The maximum absolute atomic E-state index is 12.4. The van der Waals surface area contributed by atoms with Crippen molar-refractivity contribution in [1.29, 1.82) is 0 Å². The van der Waals surface area contributed by atoms with E-state index in [1.165, 1.54) is 0 Å². The number of hydrogen-bond acceptors (Lipinski definition) is 4. The van der Waals surface area contributed by atoms with Crippen LogP contribution in [0.5, 0.6) is 0 Å². The van der Waals surface area contributed by atoms with Crippen molar-refractivity contribution in [3.8, 4) is 11.8 Å². The van der Waals surface area contributed by atoms with Crippen molar-refractivity contribution in [2.75, 3.05) is 20.1 Å². The zero-order valence-electron chi connectivity index (χ0n) is 11.5. The second-order valence-electron chi connectivity index (χ2n) is 5.08. The first-order chi connectivity index (χ1) is 9.61. The van der Waals surface area contributed by atoms with Gasteiger partial charge in [0.2, 0.25) is 0 Å². The quantitative estimate of drug-likeness (QED) is 0.773. The fourth-order valence-electron chi connectivity index (χ4n) is 2.32. The van der Waals surface area contributed by atoms with Crippen molar-refractivity contribution in [3.63, 3.8) is 0 Å². The predicted octanol–water partition coefficient (Wildman–Crippen LogP) is 0.235. The average Bonchev–Trinajstić information content (AvgIpc) is 2.43. The molecule has 0 aromatic carbocycles. The first kappa shape index (κ1) is 14.5. The lowest BCUT2D eigenvalue weighted by molar-refractivity contribution is 0.0264. The van der Waals surface area contributed by atoms with Crippen LogP contribution in [0.25, 0.3) is 0 Å². The Morgan fingerprint density at radius 1 is 1.60 bits per heavy atom. The summed E-state index contributed by atoms with van der Waals surface area (Å²) < 4.78 is 0. The third-order valence-corrected chi connectivity index (χ3v) is 3.42. The van der Waals surface area contributed by atoms with Crippen LogP contribution in [0.15, 0.2) is 18.3 Å². The number of aliphatic hydroxyl groups is 1. The summed E-state index contributed by atoms with van der Waals surface area (Å²) in [6.45, 7) is 0.883. The minimum Gasteiger partial charge on any atom is -0.393 e. The summed E-state index contributed by atoms with van der Waals surface area (Å²) in [7, 11) is 1.75. The Balaban J connectivity index is 2.08. The monoisotopic (exact) mass is 273 g/mol. The van der Waals surface area contributed by atoms with E-state index < -0.39 is 0 Å². The average molecular weight is 273 g/mol. The van der Waals surface area contributed by atoms with Gasteiger partial charge in [0.05, 0.1) is 18.2 Å². The Kier molecular flexibility index (Phi) is 4.72. The van der Waals surface area contributed by atoms with Crippen molar-refractivity contribution < 1.29 is 9.90 Å². The largest absolute Gasteiger partial charge is 0.393 e. The molecule has 0 atom stereocenters. The molecule has 0 spiro atoms. The van der Waals surface area contributed by atoms with Crippen LogP contribution in [0, 0.1) is 17.8 Å². The molecule has 1 heterocycles. The lowest BCUT2D eigenvalue weighted by Crippen LogP contribution is -2.40. The van der Waals surface area contributed by atoms with E-state index in [9.17, 15) is 9.90 Å². The molecule has 0 unspecified atom stereocenters. The molecule has 1 saturated carbocycles. The topological polar surface area (TPSA) is 79.5 Å². The lowest BCUT2D eigenvalue weighted by Gasteiger charge is -2.34. The Hall–Kier alpha value is -1.90. The van der Waals surface area contributed by atoms with Gasteiger partial charge in [-0.1, -0.05) is 11.8 Å². The van der Waals surface area contributed by atoms with Crippen molar-refractivity contribution in [2.24, 2.45) is 11.7 Å². The van der Waals surface area contributed by atoms with Gasteiger partial charge in [-0.05, 0) is 30.9 Å². The number of hydrogen-bond donors (Lipinski definition) is 2. The molecule has 0 radical (unpaired) electrons. The maximum Gasteiger partial charge on any atom is 0.273 e. The molecular weight excluding hydrogens is 254 g/mol. The zero-order chi connectivity index (χ0) is 14.5. The van der Waals surface area contributed by atoms with Crippen LogP contribution in [0.1, 0.15) is 28.9 Å². The van der Waals surface area contributed by atoms with Gasteiger partial charge in [0.15, 0.2) is 0 Å². The summed E-state index contributed by atoms with van der Waals surface area (Å²) >= 11 is 0. The highest BCUT2D eigenvalue weighted by atomic mass is 16.3. The summed E-state index contributed by atoms with van der Waals surface area (Å²) in [5.74, 6) is 5.84. The molecule has 1 aliphatic rings. The number of pyridine rings is 1. The van der Waals surface area contributed by atoms with E-state index >= 15 is 0 Å². The molecule has 1 amide bonds. The van der Waals surface area contributed by atoms with E-state index in [4.69, 9.17) is 5.73 Å². The van der Waals surface area contributed by atoms with Crippen LogP contribution in [0.2, 0.25) is 0 Å². The Bertz CT molecular complexity index is 542. The van der Waals surface area contributed by atoms with E-state index in [0.717, 1.165) is 12.8 Å². The summed E-state index contributed by atoms with van der Waals surface area (Å²) in [5, 5.41) is 9.28. The number of nitrogens with zero attached hydrogens (tertiary/aromatic N) is 2. The van der Waals surface area contributed by atoms with Crippen molar-refractivity contribution >= 4 is 5.91 Å². The first-order valence-corrected chi connectivity index (χ1v) is 6.69. The molecule has 1 aromatic heterocycles. The highest BCUT2D eigenvalue weighted by Gasteiger charge is 2.29. The van der Waals surface area contributed by atoms with Crippen LogP contribution in [-0.2, 0) is 0 Å². The summed E-state index contributed by atoms with van der Waals surface area (Å²) in [6.07, 6.45) is 2.91. The molecule has 2 rings (SSSR count). The van der Waals surface area contributed by atoms with E-state index in [2.05, 4.69) is 16.8 Å². The molecule has 5 nitrogen and oxygen atoms in total. The lowest BCUT2D eigenvalue weighted by atomic mass is 9.82. The number of aliphatic hydroxyl groups excluding tert-OH is 1. The van der Waals surface area contributed by atoms with Gasteiger partial charge in [-0.25, -0.2) is 4.98 Å². The molecule has 20 heavy (non-hydrogen) atoms. The van der Waals surface area contributed by atoms with Crippen molar-refractivity contribution in [3.05, 3.63) is 29.6 Å². The SMILES string of the molecule is CN(CC1CC(O)C1)C(=O)c1ncccc1C#CCN. The molecule has 0 aliphatic heterocycles. The van der Waals surface area contributed by atoms with E-state index in [1.54, 1.807) is 30.3 Å². The van der Waals surface area contributed by atoms with Gasteiger partial charge in [0.1, 0.15) is 5.69 Å². The summed E-state index contributed by atoms with van der Waals surface area (Å²) in [5.41, 5.74) is 6.31. The second-order valence-corrected chi connectivity index (χ2v) is 5.08. The van der Waals surface area contributed by atoms with Gasteiger partial charge < -0.3 is 15.7 Å². The third kappa shape index (κ3) is 3.35. The van der Waals surface area contributed by atoms with Gasteiger partial charge in [-0.3, -0.25) is 4.79 Å². The number of aromatic nitrogens is 1. The van der Waals surface area contributed by atoms with Crippen LogP contribution < -0.4 is 5.73 Å². The molecule has 0 bridgehead atoms. The first-order valence-electron chi connectivity index (χ1n) is 6.69.